The van der Waals surface area contributed by atoms with Gasteiger partial charge in [0.05, 0.1) is 12.6 Å². The van der Waals surface area contributed by atoms with E-state index in [4.69, 9.17) is 9.47 Å². The zero-order valence-corrected chi connectivity index (χ0v) is 19.0. The van der Waals surface area contributed by atoms with Crippen LogP contribution in [0.5, 0.6) is 0 Å². The minimum absolute atomic E-state index is 0.198. The average Bonchev–Trinajstić information content (AvgIpc) is 2.65. The summed E-state index contributed by atoms with van der Waals surface area (Å²) in [7, 11) is 0. The fraction of sp³-hybridized carbons (Fsp3) is 0.818. The smallest absolute Gasteiger partial charge is 0.407 e. The Morgan fingerprint density at radius 1 is 1.13 bits per heavy atom. The van der Waals surface area contributed by atoms with E-state index in [1.807, 2.05) is 20.8 Å². The Labute approximate surface area is 179 Å². The van der Waals surface area contributed by atoms with Crippen LogP contribution < -0.4 is 10.6 Å². The van der Waals surface area contributed by atoms with E-state index in [-0.39, 0.29) is 30.1 Å². The van der Waals surface area contributed by atoms with Crippen molar-refractivity contribution in [3.05, 3.63) is 0 Å². The highest BCUT2D eigenvalue weighted by atomic mass is 16.5. The van der Waals surface area contributed by atoms with Gasteiger partial charge >= 0.3 is 6.09 Å². The highest BCUT2D eigenvalue weighted by Crippen LogP contribution is 2.15. The molecule has 2 atom stereocenters. The number of amides is 2. The van der Waals surface area contributed by atoms with Gasteiger partial charge in [-0.25, -0.2) is 4.79 Å². The number of rotatable bonds is 6. The highest BCUT2D eigenvalue weighted by Gasteiger charge is 2.33. The lowest BCUT2D eigenvalue weighted by Gasteiger charge is -2.25. The summed E-state index contributed by atoms with van der Waals surface area (Å²) in [4.78, 5) is 49.7. The van der Waals surface area contributed by atoms with Crippen molar-refractivity contribution in [1.29, 1.82) is 0 Å². The molecule has 0 aromatic heterocycles. The van der Waals surface area contributed by atoms with Gasteiger partial charge < -0.3 is 20.1 Å². The molecule has 0 aliphatic carbocycles. The molecule has 0 saturated carbocycles. The lowest BCUT2D eigenvalue weighted by Crippen LogP contribution is -2.48. The molecule has 30 heavy (non-hydrogen) atoms. The second-order valence-corrected chi connectivity index (χ2v) is 9.42. The summed E-state index contributed by atoms with van der Waals surface area (Å²) in [6, 6.07) is -0.835. The Balaban J connectivity index is 2.78. The molecule has 172 valence electrons. The average molecular weight is 427 g/mol. The second kappa shape index (κ2) is 12.7. The summed E-state index contributed by atoms with van der Waals surface area (Å²) >= 11 is 0. The van der Waals surface area contributed by atoms with Crippen LogP contribution in [0.4, 0.5) is 4.79 Å². The first-order valence-electron chi connectivity index (χ1n) is 10.9. The maximum absolute atomic E-state index is 12.9. The first-order valence-corrected chi connectivity index (χ1v) is 10.9. The molecule has 1 aliphatic rings. The van der Waals surface area contributed by atoms with Gasteiger partial charge in [-0.05, 0) is 24.2 Å². The predicted molar refractivity (Wildman–Crippen MR) is 113 cm³/mol. The summed E-state index contributed by atoms with van der Waals surface area (Å²) in [5, 5.41) is 5.19. The van der Waals surface area contributed by atoms with Crippen LogP contribution in [0.15, 0.2) is 0 Å². The number of hydrogen-bond acceptors (Lipinski definition) is 6. The summed E-state index contributed by atoms with van der Waals surface area (Å²) in [6.45, 7) is 10.3. The molecule has 2 unspecified atom stereocenters. The van der Waals surface area contributed by atoms with Gasteiger partial charge in [0, 0.05) is 19.6 Å². The number of hydrogen-bond donors (Lipinski definition) is 2. The van der Waals surface area contributed by atoms with Gasteiger partial charge in [0.1, 0.15) is 6.10 Å². The van der Waals surface area contributed by atoms with Crippen LogP contribution in [0.2, 0.25) is 0 Å². The van der Waals surface area contributed by atoms with Gasteiger partial charge in [0.15, 0.2) is 5.78 Å². The number of ether oxygens (including phenoxy) is 2. The minimum atomic E-state index is -1.15. The molecular weight excluding hydrogens is 388 g/mol. The Morgan fingerprint density at radius 3 is 2.40 bits per heavy atom. The monoisotopic (exact) mass is 426 g/mol. The first kappa shape index (κ1) is 26.1. The molecule has 1 saturated heterocycles. The van der Waals surface area contributed by atoms with E-state index in [2.05, 4.69) is 10.6 Å². The normalized spacial score (nSPS) is 20.5. The van der Waals surface area contributed by atoms with Crippen molar-refractivity contribution >= 4 is 23.6 Å². The molecule has 0 spiro atoms. The SMILES string of the molecule is CC(C)C(NC(=O)OCC(C)(C)C)C(=O)CC1OCCCCCCCNC(=O)C1=O. The van der Waals surface area contributed by atoms with E-state index < -0.39 is 29.9 Å². The molecule has 8 heteroatoms. The molecule has 0 radical (unpaired) electrons. The largest absolute Gasteiger partial charge is 0.449 e. The van der Waals surface area contributed by atoms with Crippen molar-refractivity contribution in [1.82, 2.24) is 10.6 Å². The van der Waals surface area contributed by atoms with E-state index in [0.717, 1.165) is 32.1 Å². The van der Waals surface area contributed by atoms with Gasteiger partial charge in [-0.3, -0.25) is 14.4 Å². The minimum Gasteiger partial charge on any atom is -0.449 e. The fourth-order valence-electron chi connectivity index (χ4n) is 3.02. The molecule has 2 N–H and O–H groups in total. The molecule has 1 rings (SSSR count). The van der Waals surface area contributed by atoms with Crippen molar-refractivity contribution in [2.45, 2.75) is 85.3 Å². The van der Waals surface area contributed by atoms with Gasteiger partial charge in [0.2, 0.25) is 5.78 Å². The number of Topliss-reactive ketones (excluding diaryl/α,β-unsaturated/α-hetero) is 2. The van der Waals surface area contributed by atoms with E-state index in [1.54, 1.807) is 13.8 Å². The third-order valence-electron chi connectivity index (χ3n) is 4.75. The molecule has 2 amide bonds. The van der Waals surface area contributed by atoms with Crippen LogP contribution >= 0.6 is 0 Å². The molecule has 1 heterocycles. The van der Waals surface area contributed by atoms with Crippen molar-refractivity contribution in [2.24, 2.45) is 11.3 Å². The summed E-state index contributed by atoms with van der Waals surface area (Å²) in [5.74, 6) is -2.06. The summed E-state index contributed by atoms with van der Waals surface area (Å²) in [5.41, 5.74) is -0.198. The Morgan fingerprint density at radius 2 is 1.77 bits per heavy atom. The van der Waals surface area contributed by atoms with Crippen molar-refractivity contribution in [3.63, 3.8) is 0 Å². The highest BCUT2D eigenvalue weighted by molar-refractivity contribution is 6.38. The zero-order valence-electron chi connectivity index (χ0n) is 19.0. The number of alkyl carbamates (subject to hydrolysis) is 1. The maximum Gasteiger partial charge on any atom is 0.407 e. The Bertz CT molecular complexity index is 597. The number of carbonyl (C=O) groups excluding carboxylic acids is 4. The molecule has 1 aliphatic heterocycles. The predicted octanol–water partition coefficient (Wildman–Crippen LogP) is 2.78. The topological polar surface area (TPSA) is 111 Å². The lowest BCUT2D eigenvalue weighted by molar-refractivity contribution is -0.147. The molecule has 1 fully saturated rings. The summed E-state index contributed by atoms with van der Waals surface area (Å²) in [6.07, 6.45) is 2.49. The third kappa shape index (κ3) is 10.2. The van der Waals surface area contributed by atoms with Crippen molar-refractivity contribution < 1.29 is 28.7 Å². The summed E-state index contributed by atoms with van der Waals surface area (Å²) < 4.78 is 10.8. The quantitative estimate of drug-likeness (QED) is 0.632. The Kier molecular flexibility index (Phi) is 11.0. The number of ketones is 2. The zero-order chi connectivity index (χ0) is 22.7. The van der Waals surface area contributed by atoms with Gasteiger partial charge in [-0.1, -0.05) is 53.9 Å². The second-order valence-electron chi connectivity index (χ2n) is 9.42. The van der Waals surface area contributed by atoms with E-state index >= 15 is 0 Å². The molecule has 0 bridgehead atoms. The van der Waals surface area contributed by atoms with E-state index in [9.17, 15) is 19.2 Å². The molecule has 0 aromatic rings. The van der Waals surface area contributed by atoms with Crippen molar-refractivity contribution in [3.8, 4) is 0 Å². The molecule has 8 nitrogen and oxygen atoms in total. The lowest BCUT2D eigenvalue weighted by atomic mass is 9.95. The number of nitrogens with one attached hydrogen (secondary N) is 2. The van der Waals surface area contributed by atoms with Crippen LogP contribution in [0.1, 0.15) is 73.1 Å². The molecule has 0 aromatic carbocycles. The first-order chi connectivity index (χ1) is 14.0. The standard InChI is InChI=1S/C22H38N2O6/c1-15(2)18(24-21(28)30-14-22(3,4)5)16(25)13-17-19(26)20(27)23-11-9-7-6-8-10-12-29-17/h15,17-18H,6-14H2,1-5H3,(H,23,27)(H,24,28). The van der Waals surface area contributed by atoms with Gasteiger partial charge in [0.25, 0.3) is 5.91 Å². The van der Waals surface area contributed by atoms with E-state index in [0.29, 0.717) is 13.2 Å². The molecular formula is C22H38N2O6. The maximum atomic E-state index is 12.9. The van der Waals surface area contributed by atoms with Crippen LogP contribution in [0.3, 0.4) is 0 Å². The fourth-order valence-corrected chi connectivity index (χ4v) is 3.02. The van der Waals surface area contributed by atoms with Crippen LogP contribution in [0, 0.1) is 11.3 Å². The van der Waals surface area contributed by atoms with E-state index in [1.165, 1.54) is 0 Å². The third-order valence-corrected chi connectivity index (χ3v) is 4.75. The van der Waals surface area contributed by atoms with Gasteiger partial charge in [-0.2, -0.15) is 0 Å². The van der Waals surface area contributed by atoms with Crippen molar-refractivity contribution in [2.75, 3.05) is 19.8 Å². The van der Waals surface area contributed by atoms with Crippen LogP contribution in [-0.2, 0) is 23.9 Å². The van der Waals surface area contributed by atoms with Gasteiger partial charge in [-0.15, -0.1) is 0 Å². The number of carbonyl (C=O) groups is 4. The van der Waals surface area contributed by atoms with Crippen LogP contribution in [0.25, 0.3) is 0 Å². The van der Waals surface area contributed by atoms with Crippen LogP contribution in [-0.4, -0.2) is 55.5 Å². The Hall–Kier alpha value is -1.96.